The first-order chi connectivity index (χ1) is 22.2. The van der Waals surface area contributed by atoms with E-state index < -0.39 is 15.7 Å². The third kappa shape index (κ3) is 8.84. The van der Waals surface area contributed by atoms with Crippen molar-refractivity contribution >= 4 is 51.5 Å². The van der Waals surface area contributed by atoms with Gasteiger partial charge in [-0.1, -0.05) is 80.4 Å². The molecule has 0 radical (unpaired) electrons. The zero-order chi connectivity index (χ0) is 34.0. The normalized spacial score (nSPS) is 21.9. The molecule has 3 atom stereocenters. The fourth-order valence-electron chi connectivity index (χ4n) is 6.34. The Morgan fingerprint density at radius 3 is 1.90 bits per heavy atom. The van der Waals surface area contributed by atoms with Crippen molar-refractivity contribution in [2.24, 2.45) is 0 Å². The molecule has 2 aliphatic rings. The van der Waals surface area contributed by atoms with Gasteiger partial charge in [0.25, 0.3) is 5.91 Å². The van der Waals surface area contributed by atoms with Crippen molar-refractivity contribution in [3.8, 4) is 5.75 Å². The third-order valence-electron chi connectivity index (χ3n) is 8.86. The van der Waals surface area contributed by atoms with Crippen molar-refractivity contribution in [2.45, 2.75) is 50.9 Å². The van der Waals surface area contributed by atoms with Crippen molar-refractivity contribution in [2.75, 3.05) is 52.1 Å². The molecule has 1 amide bonds. The van der Waals surface area contributed by atoms with Gasteiger partial charge in [0.15, 0.2) is 5.66 Å². The molecule has 3 aromatic rings. The SMILES string of the molecule is CCOc1cc(C(C)(C)C)ccc1C1(C(=O)N2CCN(CCNS(C)(=O)=O)CC2)N[C@H](c2ccc(Cl)cc2)[C@H](c2ccc(Cl)cc2)N1.Cl. The average Bonchev–Trinajstić information content (AvgIpc) is 3.42. The van der Waals surface area contributed by atoms with Crippen LogP contribution in [0.15, 0.2) is 66.7 Å². The molecule has 0 bridgehead atoms. The van der Waals surface area contributed by atoms with Gasteiger partial charge in [-0.05, 0) is 59.4 Å². The van der Waals surface area contributed by atoms with E-state index in [1.54, 1.807) is 0 Å². The van der Waals surface area contributed by atoms with Crippen molar-refractivity contribution < 1.29 is 17.9 Å². The molecule has 0 aromatic heterocycles. The van der Waals surface area contributed by atoms with Crippen LogP contribution in [0.3, 0.4) is 0 Å². The lowest BCUT2D eigenvalue weighted by molar-refractivity contribution is -0.141. The van der Waals surface area contributed by atoms with Crippen LogP contribution >= 0.6 is 35.6 Å². The summed E-state index contributed by atoms with van der Waals surface area (Å²) in [6.45, 7) is 12.0. The fraction of sp³-hybridized carbons (Fsp3) is 0.457. The number of sulfonamides is 1. The monoisotopic (exact) mass is 737 g/mol. The Bertz CT molecular complexity index is 1610. The topological polar surface area (TPSA) is 103 Å². The van der Waals surface area contributed by atoms with Gasteiger partial charge in [0, 0.05) is 54.9 Å². The summed E-state index contributed by atoms with van der Waals surface area (Å²) in [4.78, 5) is 19.1. The highest BCUT2D eigenvalue weighted by Crippen LogP contribution is 2.45. The molecular formula is C35H46Cl3N5O4S. The van der Waals surface area contributed by atoms with Crippen LogP contribution in [0, 0.1) is 0 Å². The number of carbonyl (C=O) groups excluding carboxylic acids is 1. The lowest BCUT2D eigenvalue weighted by Crippen LogP contribution is -2.62. The molecule has 3 N–H and O–H groups in total. The van der Waals surface area contributed by atoms with E-state index in [0.29, 0.717) is 67.2 Å². The molecule has 2 heterocycles. The molecule has 3 aromatic carbocycles. The fourth-order valence-corrected chi connectivity index (χ4v) is 7.05. The maximum atomic E-state index is 15.1. The Kier molecular flexibility index (Phi) is 12.5. The second-order valence-corrected chi connectivity index (χ2v) is 16.0. The molecule has 2 fully saturated rings. The largest absolute Gasteiger partial charge is 0.493 e. The van der Waals surface area contributed by atoms with Crippen LogP contribution in [0.4, 0.5) is 0 Å². The second-order valence-electron chi connectivity index (χ2n) is 13.3. The number of nitrogens with one attached hydrogen (secondary N) is 3. The molecule has 9 nitrogen and oxygen atoms in total. The number of piperazine rings is 1. The van der Waals surface area contributed by atoms with E-state index >= 15 is 4.79 Å². The van der Waals surface area contributed by atoms with E-state index in [1.807, 2.05) is 66.4 Å². The summed E-state index contributed by atoms with van der Waals surface area (Å²) < 4.78 is 32.0. The van der Waals surface area contributed by atoms with Crippen LogP contribution in [0.1, 0.15) is 62.0 Å². The zero-order valence-corrected chi connectivity index (χ0v) is 31.2. The minimum Gasteiger partial charge on any atom is -0.493 e. The van der Waals surface area contributed by atoms with Crippen molar-refractivity contribution in [1.82, 2.24) is 25.2 Å². The third-order valence-corrected chi connectivity index (χ3v) is 10.1. The van der Waals surface area contributed by atoms with Gasteiger partial charge in [-0.25, -0.2) is 13.1 Å². The van der Waals surface area contributed by atoms with Crippen LogP contribution in [0.5, 0.6) is 5.75 Å². The number of hydrogen-bond acceptors (Lipinski definition) is 7. The Labute approximate surface area is 301 Å². The summed E-state index contributed by atoms with van der Waals surface area (Å²) in [6.07, 6.45) is 1.16. The van der Waals surface area contributed by atoms with Gasteiger partial charge in [0.1, 0.15) is 5.75 Å². The maximum Gasteiger partial charge on any atom is 0.262 e. The molecule has 1 unspecified atom stereocenters. The van der Waals surface area contributed by atoms with Gasteiger partial charge in [0.2, 0.25) is 10.0 Å². The zero-order valence-electron chi connectivity index (χ0n) is 28.1. The van der Waals surface area contributed by atoms with Gasteiger partial charge in [-0.15, -0.1) is 12.4 Å². The van der Waals surface area contributed by atoms with E-state index in [2.05, 4.69) is 53.2 Å². The van der Waals surface area contributed by atoms with Crippen LogP contribution in [0.25, 0.3) is 0 Å². The highest BCUT2D eigenvalue weighted by atomic mass is 35.5. The highest BCUT2D eigenvalue weighted by molar-refractivity contribution is 7.88. The Hall–Kier alpha value is -2.41. The smallest absolute Gasteiger partial charge is 0.262 e. The Morgan fingerprint density at radius 2 is 1.44 bits per heavy atom. The second kappa shape index (κ2) is 15.6. The number of amides is 1. The summed E-state index contributed by atoms with van der Waals surface area (Å²) in [7, 11) is -3.27. The van der Waals surface area contributed by atoms with Gasteiger partial charge in [0.05, 0.1) is 24.9 Å². The first kappa shape index (κ1) is 38.4. The number of nitrogens with zero attached hydrogens (tertiary/aromatic N) is 2. The molecule has 2 aliphatic heterocycles. The average molecular weight is 739 g/mol. The van der Waals surface area contributed by atoms with E-state index in [4.69, 9.17) is 27.9 Å². The summed E-state index contributed by atoms with van der Waals surface area (Å²) in [5, 5.41) is 8.84. The number of hydrogen-bond donors (Lipinski definition) is 3. The van der Waals surface area contributed by atoms with Crippen molar-refractivity contribution in [3.05, 3.63) is 99.0 Å². The van der Waals surface area contributed by atoms with Crippen molar-refractivity contribution in [3.63, 3.8) is 0 Å². The molecule has 13 heteroatoms. The van der Waals surface area contributed by atoms with Crippen LogP contribution in [0.2, 0.25) is 10.0 Å². The molecule has 262 valence electrons. The number of carbonyl (C=O) groups is 1. The first-order valence-electron chi connectivity index (χ1n) is 16.0. The molecule has 2 saturated heterocycles. The predicted molar refractivity (Wildman–Crippen MR) is 196 cm³/mol. The molecular weight excluding hydrogens is 693 g/mol. The first-order valence-corrected chi connectivity index (χ1v) is 18.7. The Balaban J connectivity index is 0.00000520. The van der Waals surface area contributed by atoms with Gasteiger partial charge < -0.3 is 9.64 Å². The van der Waals surface area contributed by atoms with Gasteiger partial charge in [-0.3, -0.25) is 20.3 Å². The lowest BCUT2D eigenvalue weighted by atomic mass is 9.84. The van der Waals surface area contributed by atoms with Gasteiger partial charge >= 0.3 is 0 Å². The summed E-state index contributed by atoms with van der Waals surface area (Å²) >= 11 is 12.6. The van der Waals surface area contributed by atoms with Crippen LogP contribution < -0.4 is 20.1 Å². The van der Waals surface area contributed by atoms with Crippen LogP contribution in [-0.4, -0.2) is 76.3 Å². The van der Waals surface area contributed by atoms with Gasteiger partial charge in [-0.2, -0.15) is 0 Å². The number of rotatable bonds is 10. The number of ether oxygens (including phenoxy) is 1. The molecule has 48 heavy (non-hydrogen) atoms. The summed E-state index contributed by atoms with van der Waals surface area (Å²) in [5.41, 5.74) is 2.30. The predicted octanol–water partition coefficient (Wildman–Crippen LogP) is 5.63. The maximum absolute atomic E-state index is 15.1. The highest BCUT2D eigenvalue weighted by Gasteiger charge is 2.54. The molecule has 0 aliphatic carbocycles. The standard InChI is InChI=1S/C35H45Cl2N5O4S.ClH/c1-6-46-30-23-26(34(2,3)4)11-16-29(30)35(33(43)42-21-19-41(20-22-42)18-17-38-47(5,44)45)39-31(24-7-12-27(36)13-8-24)32(40-35)25-9-14-28(37)15-10-25;/h7-16,23,31-32,38-40H,6,17-22H2,1-5H3;1H/t31-,32+,35?;. The Morgan fingerprint density at radius 1 is 0.917 bits per heavy atom. The molecule has 5 rings (SSSR count). The minimum absolute atomic E-state index is 0. The number of halogens is 3. The van der Waals surface area contributed by atoms with E-state index in [0.717, 1.165) is 22.9 Å². The van der Waals surface area contributed by atoms with E-state index in [-0.39, 0.29) is 35.8 Å². The lowest BCUT2D eigenvalue weighted by Gasteiger charge is -2.41. The summed E-state index contributed by atoms with van der Waals surface area (Å²) in [5.74, 6) is 0.539. The summed E-state index contributed by atoms with van der Waals surface area (Å²) in [6, 6.07) is 20.9. The molecule has 0 spiro atoms. The van der Waals surface area contributed by atoms with E-state index in [9.17, 15) is 8.42 Å². The minimum atomic E-state index is -3.27. The van der Waals surface area contributed by atoms with E-state index in [1.165, 1.54) is 0 Å². The molecule has 0 saturated carbocycles. The number of benzene rings is 3. The quantitative estimate of drug-likeness (QED) is 0.248. The van der Waals surface area contributed by atoms with Crippen LogP contribution in [-0.2, 0) is 25.9 Å². The van der Waals surface area contributed by atoms with Crippen molar-refractivity contribution in [1.29, 1.82) is 0 Å².